The highest BCUT2D eigenvalue weighted by molar-refractivity contribution is 5.74. The molecule has 0 spiro atoms. The lowest BCUT2D eigenvalue weighted by molar-refractivity contribution is 0.127. The van der Waals surface area contributed by atoms with Crippen LogP contribution < -0.4 is 5.32 Å². The highest BCUT2D eigenvalue weighted by Crippen LogP contribution is 2.36. The zero-order chi connectivity index (χ0) is 18.2. The van der Waals surface area contributed by atoms with Crippen molar-refractivity contribution in [3.63, 3.8) is 0 Å². The Morgan fingerprint density at radius 1 is 1.22 bits per heavy atom. The van der Waals surface area contributed by atoms with Crippen molar-refractivity contribution >= 4 is 22.9 Å². The Morgan fingerprint density at radius 2 is 2.07 bits per heavy atom. The number of H-pyrrole nitrogens is 1. The predicted octanol–water partition coefficient (Wildman–Crippen LogP) is 2.78. The third-order valence-electron chi connectivity index (χ3n) is 5.00. The smallest absolute Gasteiger partial charge is 0.407 e. The maximum absolute atomic E-state index is 12.0. The van der Waals surface area contributed by atoms with Crippen molar-refractivity contribution in [2.45, 2.75) is 31.4 Å². The number of hydrogen-bond acceptors (Lipinski definition) is 5. The largest absolute Gasteiger partial charge is 0.445 e. The van der Waals surface area contributed by atoms with Crippen molar-refractivity contribution in [2.24, 2.45) is 0 Å². The number of alkyl carbamates (subject to hydrolysis) is 1. The average Bonchev–Trinajstić information content (AvgIpc) is 3.29. The molecule has 136 valence electrons. The zero-order valence-corrected chi connectivity index (χ0v) is 14.5. The molecular formula is C19H18N6O2. The van der Waals surface area contributed by atoms with Crippen LogP contribution in [0.1, 0.15) is 30.1 Å². The van der Waals surface area contributed by atoms with E-state index in [0.717, 1.165) is 41.0 Å². The molecule has 5 rings (SSSR count). The number of rotatable bonds is 4. The molecule has 8 nitrogen and oxygen atoms in total. The maximum Gasteiger partial charge on any atom is 0.407 e. The Labute approximate surface area is 154 Å². The molecule has 0 unspecified atom stereocenters. The number of fused-ring (bicyclic) bond motifs is 3. The molecule has 0 aliphatic heterocycles. The lowest BCUT2D eigenvalue weighted by Gasteiger charge is -2.34. The molecule has 27 heavy (non-hydrogen) atoms. The number of nitrogens with one attached hydrogen (secondary N) is 2. The first-order valence-electron chi connectivity index (χ1n) is 8.92. The van der Waals surface area contributed by atoms with Gasteiger partial charge in [-0.2, -0.15) is 0 Å². The van der Waals surface area contributed by atoms with Crippen LogP contribution in [0.15, 0.2) is 48.8 Å². The molecule has 0 atom stereocenters. The number of hydrogen-bond donors (Lipinski definition) is 2. The number of carbonyl (C=O) groups is 1. The van der Waals surface area contributed by atoms with Crippen LogP contribution in [-0.2, 0) is 11.3 Å². The second-order valence-electron chi connectivity index (χ2n) is 6.79. The van der Waals surface area contributed by atoms with Gasteiger partial charge in [0.15, 0.2) is 11.3 Å². The third-order valence-corrected chi connectivity index (χ3v) is 5.00. The number of aromatic amines is 1. The molecule has 1 amide bonds. The minimum absolute atomic E-state index is 0.0918. The standard InChI is InChI=1S/C19H18N6O2/c26-19(27-11-12-4-2-1-3-5-12)22-14-8-13(9-14)18-24-23-16-10-21-17-15(25(16)18)6-7-20-17/h1-7,10,13-14,20H,8-9,11H2,(H,22,26). The summed E-state index contributed by atoms with van der Waals surface area (Å²) >= 11 is 0. The third kappa shape index (κ3) is 2.88. The summed E-state index contributed by atoms with van der Waals surface area (Å²) in [7, 11) is 0. The molecule has 1 aliphatic carbocycles. The summed E-state index contributed by atoms with van der Waals surface area (Å²) in [6, 6.07) is 11.7. The molecule has 0 saturated heterocycles. The molecular weight excluding hydrogens is 344 g/mol. The Bertz CT molecular complexity index is 1100. The van der Waals surface area contributed by atoms with Gasteiger partial charge in [0.25, 0.3) is 0 Å². The highest BCUT2D eigenvalue weighted by Gasteiger charge is 2.35. The lowest BCUT2D eigenvalue weighted by Crippen LogP contribution is -2.44. The van der Waals surface area contributed by atoms with E-state index < -0.39 is 0 Å². The first-order chi connectivity index (χ1) is 13.3. The van der Waals surface area contributed by atoms with E-state index in [4.69, 9.17) is 4.74 Å². The molecule has 0 radical (unpaired) electrons. The topological polar surface area (TPSA) is 97.2 Å². The second-order valence-corrected chi connectivity index (χ2v) is 6.79. The molecule has 0 bridgehead atoms. The van der Waals surface area contributed by atoms with E-state index in [2.05, 4.69) is 25.5 Å². The van der Waals surface area contributed by atoms with Crippen LogP contribution in [0, 0.1) is 0 Å². The number of nitrogens with zero attached hydrogens (tertiary/aromatic N) is 4. The minimum Gasteiger partial charge on any atom is -0.445 e. The van der Waals surface area contributed by atoms with Crippen molar-refractivity contribution in [1.82, 2.24) is 29.9 Å². The zero-order valence-electron chi connectivity index (χ0n) is 14.5. The van der Waals surface area contributed by atoms with Gasteiger partial charge in [0.1, 0.15) is 12.4 Å². The van der Waals surface area contributed by atoms with Crippen molar-refractivity contribution < 1.29 is 9.53 Å². The quantitative estimate of drug-likeness (QED) is 0.582. The molecule has 1 fully saturated rings. The second kappa shape index (κ2) is 6.39. The van der Waals surface area contributed by atoms with Gasteiger partial charge in [-0.1, -0.05) is 30.3 Å². The first-order valence-corrected chi connectivity index (χ1v) is 8.92. The molecule has 4 aromatic rings. The van der Waals surface area contributed by atoms with E-state index in [0.29, 0.717) is 0 Å². The van der Waals surface area contributed by atoms with Crippen molar-refractivity contribution in [1.29, 1.82) is 0 Å². The summed E-state index contributed by atoms with van der Waals surface area (Å²) in [6.07, 6.45) is 4.82. The van der Waals surface area contributed by atoms with Gasteiger partial charge < -0.3 is 15.0 Å². The Kier molecular flexibility index (Phi) is 3.74. The molecule has 1 aliphatic rings. The van der Waals surface area contributed by atoms with Gasteiger partial charge >= 0.3 is 6.09 Å². The van der Waals surface area contributed by atoms with Gasteiger partial charge in [-0.05, 0) is 24.5 Å². The fourth-order valence-corrected chi connectivity index (χ4v) is 3.54. The summed E-state index contributed by atoms with van der Waals surface area (Å²) in [5.41, 5.74) is 3.47. The lowest BCUT2D eigenvalue weighted by atomic mass is 9.79. The van der Waals surface area contributed by atoms with Crippen LogP contribution in [0.5, 0.6) is 0 Å². The van der Waals surface area contributed by atoms with E-state index in [-0.39, 0.29) is 24.7 Å². The Morgan fingerprint density at radius 3 is 2.93 bits per heavy atom. The van der Waals surface area contributed by atoms with E-state index in [9.17, 15) is 4.79 Å². The average molecular weight is 362 g/mol. The van der Waals surface area contributed by atoms with Crippen LogP contribution in [-0.4, -0.2) is 36.7 Å². The summed E-state index contributed by atoms with van der Waals surface area (Å²) < 4.78 is 7.32. The monoisotopic (exact) mass is 362 g/mol. The molecule has 3 heterocycles. The van der Waals surface area contributed by atoms with Gasteiger partial charge in [-0.25, -0.2) is 9.78 Å². The van der Waals surface area contributed by atoms with Gasteiger partial charge in [-0.3, -0.25) is 4.40 Å². The normalized spacial score (nSPS) is 19.1. The SMILES string of the molecule is O=C(NC1CC(c2nnc3cnc4[nH]ccc4n23)C1)OCc1ccccc1. The highest BCUT2D eigenvalue weighted by atomic mass is 16.5. The number of carbonyl (C=O) groups excluding carboxylic acids is 1. The van der Waals surface area contributed by atoms with Crippen LogP contribution in [0.25, 0.3) is 16.8 Å². The number of aromatic nitrogens is 5. The molecule has 8 heteroatoms. The van der Waals surface area contributed by atoms with E-state index in [1.54, 1.807) is 6.20 Å². The van der Waals surface area contributed by atoms with Gasteiger partial charge in [0.2, 0.25) is 0 Å². The fourth-order valence-electron chi connectivity index (χ4n) is 3.54. The van der Waals surface area contributed by atoms with Gasteiger partial charge in [0, 0.05) is 18.2 Å². The molecule has 1 saturated carbocycles. The van der Waals surface area contributed by atoms with Crippen molar-refractivity contribution in [3.8, 4) is 0 Å². The number of benzene rings is 1. The van der Waals surface area contributed by atoms with Crippen LogP contribution in [0.2, 0.25) is 0 Å². The fraction of sp³-hybridized carbons (Fsp3) is 0.263. The molecule has 2 N–H and O–H groups in total. The maximum atomic E-state index is 12.0. The summed E-state index contributed by atoms with van der Waals surface area (Å²) in [6.45, 7) is 0.274. The summed E-state index contributed by atoms with van der Waals surface area (Å²) in [4.78, 5) is 19.4. The van der Waals surface area contributed by atoms with Crippen LogP contribution >= 0.6 is 0 Å². The van der Waals surface area contributed by atoms with Crippen molar-refractivity contribution in [3.05, 3.63) is 60.2 Å². The van der Waals surface area contributed by atoms with Crippen molar-refractivity contribution in [2.75, 3.05) is 0 Å². The summed E-state index contributed by atoms with van der Waals surface area (Å²) in [5, 5.41) is 11.5. The molecule has 1 aromatic carbocycles. The van der Waals surface area contributed by atoms with Gasteiger partial charge in [0.05, 0.1) is 11.7 Å². The van der Waals surface area contributed by atoms with Gasteiger partial charge in [-0.15, -0.1) is 10.2 Å². The Hall–Kier alpha value is -3.42. The van der Waals surface area contributed by atoms with E-state index >= 15 is 0 Å². The van der Waals surface area contributed by atoms with Crippen LogP contribution in [0.3, 0.4) is 0 Å². The number of amides is 1. The predicted molar refractivity (Wildman–Crippen MR) is 98.2 cm³/mol. The Balaban J connectivity index is 1.22. The minimum atomic E-state index is -0.384. The van der Waals surface area contributed by atoms with Crippen LogP contribution in [0.4, 0.5) is 4.79 Å². The summed E-state index contributed by atoms with van der Waals surface area (Å²) in [5.74, 6) is 1.16. The van der Waals surface area contributed by atoms with E-state index in [1.165, 1.54) is 0 Å². The van der Waals surface area contributed by atoms with E-state index in [1.807, 2.05) is 47.0 Å². The molecule has 3 aromatic heterocycles. The first kappa shape index (κ1) is 15.8. The number of ether oxygens (including phenoxy) is 1.